The largest absolute Gasteiger partial charge is 0.356 e. The molecule has 4 nitrogen and oxygen atoms in total. The zero-order valence-electron chi connectivity index (χ0n) is 10.9. The van der Waals surface area contributed by atoms with E-state index in [9.17, 15) is 4.79 Å². The summed E-state index contributed by atoms with van der Waals surface area (Å²) in [4.78, 5) is 16.0. The molecule has 1 aliphatic heterocycles. The molecule has 0 radical (unpaired) electrons. The summed E-state index contributed by atoms with van der Waals surface area (Å²) in [5.41, 5.74) is 1.16. The summed E-state index contributed by atoms with van der Waals surface area (Å²) in [6.45, 7) is 3.78. The summed E-state index contributed by atoms with van der Waals surface area (Å²) >= 11 is 0. The molecule has 0 bridgehead atoms. The molecule has 1 aliphatic rings. The van der Waals surface area contributed by atoms with Crippen LogP contribution in [-0.2, 0) is 11.2 Å². The minimum atomic E-state index is 0.176. The van der Waals surface area contributed by atoms with Crippen LogP contribution in [0, 0.1) is 5.92 Å². The highest BCUT2D eigenvalue weighted by molar-refractivity contribution is 5.78. The maximum Gasteiger partial charge on any atom is 0.223 e. The predicted molar refractivity (Wildman–Crippen MR) is 71.1 cm³/mol. The second-order valence-corrected chi connectivity index (χ2v) is 4.98. The van der Waals surface area contributed by atoms with Crippen molar-refractivity contribution < 1.29 is 4.79 Å². The van der Waals surface area contributed by atoms with E-state index in [1.54, 1.807) is 6.20 Å². The Balaban J connectivity index is 1.71. The third kappa shape index (κ3) is 3.81. The molecule has 0 unspecified atom stereocenters. The zero-order valence-corrected chi connectivity index (χ0v) is 10.9. The predicted octanol–water partition coefficient (Wildman–Crippen LogP) is 1.13. The number of nitrogens with one attached hydrogen (secondary N) is 2. The lowest BCUT2D eigenvalue weighted by atomic mass is 9.92. The number of carbonyl (C=O) groups is 1. The highest BCUT2D eigenvalue weighted by atomic mass is 16.1. The van der Waals surface area contributed by atoms with E-state index >= 15 is 0 Å². The molecule has 1 amide bonds. The highest BCUT2D eigenvalue weighted by Gasteiger charge is 2.24. The second kappa shape index (κ2) is 6.50. The van der Waals surface area contributed by atoms with Crippen molar-refractivity contribution in [2.75, 3.05) is 13.1 Å². The van der Waals surface area contributed by atoms with E-state index in [0.717, 1.165) is 31.4 Å². The van der Waals surface area contributed by atoms with Gasteiger partial charge in [-0.05, 0) is 44.4 Å². The molecule has 1 aromatic rings. The van der Waals surface area contributed by atoms with Crippen LogP contribution in [0.1, 0.15) is 25.3 Å². The Kier molecular flexibility index (Phi) is 4.70. The standard InChI is InChI=1S/C14H21N3O/c1-11-9-13(5-8-16-11)14(18)17-7-4-12-3-2-6-15-10-12/h2-3,6,10-11,13,16H,4-5,7-9H2,1H3,(H,17,18)/t11-,13-/m0/s1. The van der Waals surface area contributed by atoms with Crippen molar-refractivity contribution in [3.05, 3.63) is 30.1 Å². The van der Waals surface area contributed by atoms with Crippen molar-refractivity contribution in [2.45, 2.75) is 32.2 Å². The topological polar surface area (TPSA) is 54.0 Å². The molecule has 98 valence electrons. The monoisotopic (exact) mass is 247 g/mol. The summed E-state index contributed by atoms with van der Waals surface area (Å²) < 4.78 is 0. The molecule has 0 aromatic carbocycles. The average molecular weight is 247 g/mol. The van der Waals surface area contributed by atoms with Gasteiger partial charge in [0, 0.05) is 30.9 Å². The van der Waals surface area contributed by atoms with Gasteiger partial charge >= 0.3 is 0 Å². The lowest BCUT2D eigenvalue weighted by molar-refractivity contribution is -0.126. The number of aromatic nitrogens is 1. The van der Waals surface area contributed by atoms with Gasteiger partial charge in [-0.3, -0.25) is 9.78 Å². The summed E-state index contributed by atoms with van der Waals surface area (Å²) in [6.07, 6.45) is 6.35. The van der Waals surface area contributed by atoms with Crippen LogP contribution in [-0.4, -0.2) is 30.0 Å². The first-order chi connectivity index (χ1) is 8.75. The summed E-state index contributed by atoms with van der Waals surface area (Å²) in [6, 6.07) is 4.41. The Morgan fingerprint density at radius 1 is 1.61 bits per heavy atom. The van der Waals surface area contributed by atoms with Gasteiger partial charge in [-0.25, -0.2) is 0 Å². The first kappa shape index (κ1) is 13.0. The lowest BCUT2D eigenvalue weighted by Gasteiger charge is -2.27. The lowest BCUT2D eigenvalue weighted by Crippen LogP contribution is -2.42. The number of hydrogen-bond donors (Lipinski definition) is 2. The minimum Gasteiger partial charge on any atom is -0.356 e. The molecule has 18 heavy (non-hydrogen) atoms. The number of hydrogen-bond acceptors (Lipinski definition) is 3. The fourth-order valence-electron chi connectivity index (χ4n) is 2.39. The molecule has 0 saturated carbocycles. The first-order valence-electron chi connectivity index (χ1n) is 6.65. The molecule has 2 N–H and O–H groups in total. The summed E-state index contributed by atoms with van der Waals surface area (Å²) in [5.74, 6) is 0.377. The molecule has 2 rings (SSSR count). The van der Waals surface area contributed by atoms with E-state index in [2.05, 4.69) is 22.5 Å². The van der Waals surface area contributed by atoms with Gasteiger partial charge < -0.3 is 10.6 Å². The zero-order chi connectivity index (χ0) is 12.8. The van der Waals surface area contributed by atoms with Crippen LogP contribution < -0.4 is 10.6 Å². The van der Waals surface area contributed by atoms with E-state index in [1.165, 1.54) is 0 Å². The van der Waals surface area contributed by atoms with E-state index in [0.29, 0.717) is 12.6 Å². The van der Waals surface area contributed by atoms with Gasteiger partial charge in [-0.2, -0.15) is 0 Å². The number of nitrogens with zero attached hydrogens (tertiary/aromatic N) is 1. The van der Waals surface area contributed by atoms with Crippen molar-refractivity contribution in [1.29, 1.82) is 0 Å². The van der Waals surface area contributed by atoms with Gasteiger partial charge in [-0.15, -0.1) is 0 Å². The highest BCUT2D eigenvalue weighted by Crippen LogP contribution is 2.15. The molecule has 1 aromatic heterocycles. The Bertz CT molecular complexity index is 380. The van der Waals surface area contributed by atoms with Crippen LogP contribution >= 0.6 is 0 Å². The van der Waals surface area contributed by atoms with Crippen LogP contribution in [0.15, 0.2) is 24.5 Å². The number of piperidine rings is 1. The SMILES string of the molecule is C[C@H]1C[C@@H](C(=O)NCCc2cccnc2)CCN1. The molecule has 4 heteroatoms. The maximum absolute atomic E-state index is 12.0. The first-order valence-corrected chi connectivity index (χ1v) is 6.65. The van der Waals surface area contributed by atoms with Gasteiger partial charge in [0.1, 0.15) is 0 Å². The normalized spacial score (nSPS) is 23.6. The molecule has 2 atom stereocenters. The van der Waals surface area contributed by atoms with Gasteiger partial charge in [0.25, 0.3) is 0 Å². The Morgan fingerprint density at radius 3 is 3.22 bits per heavy atom. The van der Waals surface area contributed by atoms with Crippen molar-refractivity contribution in [3.8, 4) is 0 Å². The average Bonchev–Trinajstić information content (AvgIpc) is 2.40. The minimum absolute atomic E-state index is 0.176. The molecular formula is C14H21N3O. The van der Waals surface area contributed by atoms with Crippen LogP contribution in [0.3, 0.4) is 0 Å². The second-order valence-electron chi connectivity index (χ2n) is 4.98. The van der Waals surface area contributed by atoms with E-state index in [-0.39, 0.29) is 11.8 Å². The maximum atomic E-state index is 12.0. The van der Waals surface area contributed by atoms with Crippen LogP contribution in [0.4, 0.5) is 0 Å². The van der Waals surface area contributed by atoms with Gasteiger partial charge in [0.2, 0.25) is 5.91 Å². The van der Waals surface area contributed by atoms with E-state index < -0.39 is 0 Å². The van der Waals surface area contributed by atoms with Gasteiger partial charge in [0.05, 0.1) is 0 Å². The molecule has 0 spiro atoms. The summed E-state index contributed by atoms with van der Waals surface area (Å²) in [7, 11) is 0. The Morgan fingerprint density at radius 2 is 2.50 bits per heavy atom. The summed E-state index contributed by atoms with van der Waals surface area (Å²) in [5, 5.41) is 6.39. The molecule has 0 aliphatic carbocycles. The Hall–Kier alpha value is -1.42. The molecule has 1 saturated heterocycles. The van der Waals surface area contributed by atoms with E-state index in [4.69, 9.17) is 0 Å². The van der Waals surface area contributed by atoms with Crippen LogP contribution in [0.5, 0.6) is 0 Å². The molecule has 2 heterocycles. The molecule has 1 fully saturated rings. The van der Waals surface area contributed by atoms with Crippen molar-refractivity contribution >= 4 is 5.91 Å². The van der Waals surface area contributed by atoms with Gasteiger partial charge in [-0.1, -0.05) is 6.07 Å². The number of carbonyl (C=O) groups excluding carboxylic acids is 1. The van der Waals surface area contributed by atoms with Gasteiger partial charge in [0.15, 0.2) is 0 Å². The quantitative estimate of drug-likeness (QED) is 0.838. The van der Waals surface area contributed by atoms with Crippen molar-refractivity contribution in [1.82, 2.24) is 15.6 Å². The fourth-order valence-corrected chi connectivity index (χ4v) is 2.39. The Labute approximate surface area is 108 Å². The third-order valence-electron chi connectivity index (χ3n) is 3.43. The van der Waals surface area contributed by atoms with Crippen LogP contribution in [0.25, 0.3) is 0 Å². The van der Waals surface area contributed by atoms with Crippen molar-refractivity contribution in [2.24, 2.45) is 5.92 Å². The van der Waals surface area contributed by atoms with Crippen LogP contribution in [0.2, 0.25) is 0 Å². The fraction of sp³-hybridized carbons (Fsp3) is 0.571. The number of pyridine rings is 1. The van der Waals surface area contributed by atoms with Crippen molar-refractivity contribution in [3.63, 3.8) is 0 Å². The smallest absolute Gasteiger partial charge is 0.223 e. The third-order valence-corrected chi connectivity index (χ3v) is 3.43. The number of rotatable bonds is 4. The number of amides is 1. The molecular weight excluding hydrogens is 226 g/mol. The van der Waals surface area contributed by atoms with E-state index in [1.807, 2.05) is 18.3 Å².